The number of carbonyl (C=O) groups is 2. The van der Waals surface area contributed by atoms with Gasteiger partial charge in [0.25, 0.3) is 0 Å². The number of phosphoric acid groups is 1. The summed E-state index contributed by atoms with van der Waals surface area (Å²) in [6.45, 7) is 0. The average Bonchev–Trinajstić information content (AvgIpc) is 2.91. The Morgan fingerprint density at radius 1 is 0.976 bits per heavy atom. The molecule has 11 nitrogen and oxygen atoms in total. The van der Waals surface area contributed by atoms with Crippen LogP contribution >= 0.6 is 7.82 Å². The van der Waals surface area contributed by atoms with E-state index < -0.39 is 19.8 Å². The fourth-order valence-corrected chi connectivity index (χ4v) is 4.89. The van der Waals surface area contributed by atoms with Crippen molar-refractivity contribution in [2.75, 3.05) is 5.32 Å². The van der Waals surface area contributed by atoms with Crippen LogP contribution in [0.3, 0.4) is 0 Å². The van der Waals surface area contributed by atoms with Crippen molar-refractivity contribution >= 4 is 36.2 Å². The minimum absolute atomic E-state index is 0.0114. The molecule has 5 rings (SSSR count). The number of Topliss-reactive ketones (excluding diaryl/α,β-unsaturated/α-hetero) is 1. The first kappa shape index (κ1) is 27.6. The van der Waals surface area contributed by atoms with Crippen molar-refractivity contribution in [3.8, 4) is 33.9 Å². The van der Waals surface area contributed by atoms with Gasteiger partial charge in [0.05, 0.1) is 0 Å². The van der Waals surface area contributed by atoms with Crippen LogP contribution in [0.1, 0.15) is 16.8 Å². The second-order valence-electron chi connectivity index (χ2n) is 9.23. The summed E-state index contributed by atoms with van der Waals surface area (Å²) in [4.78, 5) is 55.4. The van der Waals surface area contributed by atoms with E-state index in [0.717, 1.165) is 0 Å². The van der Waals surface area contributed by atoms with Gasteiger partial charge in [-0.1, -0.05) is 18.2 Å². The molecule has 1 unspecified atom stereocenters. The van der Waals surface area contributed by atoms with Gasteiger partial charge in [-0.3, -0.25) is 24.2 Å². The lowest BCUT2D eigenvalue weighted by atomic mass is 9.91. The number of aromatic hydroxyl groups is 1. The van der Waals surface area contributed by atoms with Gasteiger partial charge >= 0.3 is 7.82 Å². The number of fused-ring (bicyclic) bond motifs is 2. The van der Waals surface area contributed by atoms with Gasteiger partial charge in [-0.25, -0.2) is 4.57 Å². The van der Waals surface area contributed by atoms with Gasteiger partial charge in [-0.05, 0) is 60.2 Å². The van der Waals surface area contributed by atoms with Crippen LogP contribution in [0.25, 0.3) is 33.4 Å². The Morgan fingerprint density at radius 3 is 2.44 bits per heavy atom. The van der Waals surface area contributed by atoms with E-state index in [4.69, 9.17) is 19.9 Å². The first-order chi connectivity index (χ1) is 19.5. The van der Waals surface area contributed by atoms with Crippen molar-refractivity contribution in [1.82, 2.24) is 0 Å². The Kier molecular flexibility index (Phi) is 7.34. The molecule has 3 aromatic rings. The molecule has 0 bridgehead atoms. The van der Waals surface area contributed by atoms with E-state index in [-0.39, 0.29) is 29.1 Å². The van der Waals surface area contributed by atoms with E-state index in [9.17, 15) is 24.1 Å². The largest absolute Gasteiger partial charge is 0.524 e. The molecule has 6 N–H and O–H groups in total. The minimum Gasteiger partial charge on any atom is -0.508 e. The highest BCUT2D eigenvalue weighted by Gasteiger charge is 2.23. The quantitative estimate of drug-likeness (QED) is 0.0965. The van der Waals surface area contributed by atoms with E-state index in [1.165, 1.54) is 48.5 Å². The number of anilines is 1. The van der Waals surface area contributed by atoms with Crippen LogP contribution in [0.5, 0.6) is 11.5 Å². The first-order valence-electron chi connectivity index (χ1n) is 12.2. The molecular formula is C29H23N2O9P. The summed E-state index contributed by atoms with van der Waals surface area (Å²) < 4.78 is 21.4. The summed E-state index contributed by atoms with van der Waals surface area (Å²) in [5.41, 5.74) is 8.32. The predicted molar refractivity (Wildman–Crippen MR) is 151 cm³/mol. The third kappa shape index (κ3) is 6.28. The Balaban J connectivity index is 1.45. The second-order valence-corrected chi connectivity index (χ2v) is 10.4. The van der Waals surface area contributed by atoms with Gasteiger partial charge in [0.1, 0.15) is 28.9 Å². The number of hydrogen-bond acceptors (Lipinski definition) is 8. The minimum atomic E-state index is -4.73. The van der Waals surface area contributed by atoms with Crippen molar-refractivity contribution in [2.45, 2.75) is 12.5 Å². The molecule has 1 amide bonds. The maximum absolute atomic E-state index is 13.3. The lowest BCUT2D eigenvalue weighted by Crippen LogP contribution is -2.37. The number of phosphoric ester groups is 1. The average molecular weight is 574 g/mol. The van der Waals surface area contributed by atoms with Crippen LogP contribution < -0.4 is 21.0 Å². The van der Waals surface area contributed by atoms with Crippen molar-refractivity contribution in [1.29, 1.82) is 0 Å². The summed E-state index contributed by atoms with van der Waals surface area (Å²) in [5, 5.41) is 13.5. The molecule has 0 spiro atoms. The number of primary amides is 1. The molecule has 0 fully saturated rings. The zero-order valence-electron chi connectivity index (χ0n) is 21.2. The number of phenols is 1. The smallest absolute Gasteiger partial charge is 0.508 e. The van der Waals surface area contributed by atoms with Gasteiger partial charge < -0.3 is 25.1 Å². The molecule has 41 heavy (non-hydrogen) atoms. The van der Waals surface area contributed by atoms with Gasteiger partial charge in [0.15, 0.2) is 11.2 Å². The fourth-order valence-electron chi connectivity index (χ4n) is 4.49. The lowest BCUT2D eigenvalue weighted by Gasteiger charge is -2.18. The normalized spacial score (nSPS) is 12.2. The van der Waals surface area contributed by atoms with Crippen molar-refractivity contribution in [3.63, 3.8) is 0 Å². The number of phenolic OH excluding ortho intramolecular Hbond substituents is 1. The molecule has 1 aliphatic carbocycles. The third-order valence-electron chi connectivity index (χ3n) is 6.30. The van der Waals surface area contributed by atoms with E-state index in [1.54, 1.807) is 36.4 Å². The summed E-state index contributed by atoms with van der Waals surface area (Å²) in [6.07, 6.45) is -0.279. The Bertz CT molecular complexity index is 1860. The fraction of sp³-hybridized carbons (Fsp3) is 0.0690. The molecule has 0 aromatic heterocycles. The topological polar surface area (TPSA) is 189 Å². The number of amides is 1. The molecule has 1 heterocycles. The van der Waals surface area contributed by atoms with Crippen LogP contribution in [0.15, 0.2) is 94.1 Å². The van der Waals surface area contributed by atoms with Crippen LogP contribution in [0.4, 0.5) is 5.69 Å². The molecule has 208 valence electrons. The summed E-state index contributed by atoms with van der Waals surface area (Å²) >= 11 is 0. The van der Waals surface area contributed by atoms with Crippen molar-refractivity contribution in [3.05, 3.63) is 101 Å². The van der Waals surface area contributed by atoms with Gasteiger partial charge in [0, 0.05) is 46.3 Å². The number of hydrogen-bond donors (Lipinski definition) is 5. The molecule has 1 atom stereocenters. The molecular weight excluding hydrogens is 551 g/mol. The zero-order valence-corrected chi connectivity index (χ0v) is 22.1. The van der Waals surface area contributed by atoms with Gasteiger partial charge in [-0.15, -0.1) is 0 Å². The monoisotopic (exact) mass is 574 g/mol. The summed E-state index contributed by atoms with van der Waals surface area (Å²) in [7, 11) is -4.73. The molecule has 3 aromatic carbocycles. The van der Waals surface area contributed by atoms with Crippen molar-refractivity contribution < 1.29 is 38.0 Å². The third-order valence-corrected chi connectivity index (χ3v) is 6.75. The maximum atomic E-state index is 13.3. The SMILES string of the molecule is NC(=O)C(CC(=O)c1cccc(-c2c3ccc(=O)cc-3oc3cc(O)ccc23)c1)Nc1ccc(OP(=O)(O)O)cc1. The molecule has 0 saturated heterocycles. The summed E-state index contributed by atoms with van der Waals surface area (Å²) in [6, 6.07) is 20.2. The molecule has 0 radical (unpaired) electrons. The molecule has 0 saturated carbocycles. The number of carbonyl (C=O) groups excluding carboxylic acids is 2. The molecule has 2 aliphatic rings. The number of nitrogens with one attached hydrogen (secondary N) is 1. The van der Waals surface area contributed by atoms with Crippen LogP contribution in [-0.2, 0) is 9.36 Å². The Morgan fingerprint density at radius 2 is 1.73 bits per heavy atom. The lowest BCUT2D eigenvalue weighted by molar-refractivity contribution is -0.118. The van der Waals surface area contributed by atoms with E-state index >= 15 is 0 Å². The molecule has 1 aliphatic heterocycles. The van der Waals surface area contributed by atoms with E-state index in [1.807, 2.05) is 0 Å². The zero-order chi connectivity index (χ0) is 29.3. The highest BCUT2D eigenvalue weighted by molar-refractivity contribution is 7.46. The number of benzene rings is 4. The van der Waals surface area contributed by atoms with Crippen molar-refractivity contribution in [2.24, 2.45) is 5.73 Å². The predicted octanol–water partition coefficient (Wildman–Crippen LogP) is 4.28. The number of rotatable bonds is 9. The number of nitrogens with two attached hydrogens (primary N) is 1. The van der Waals surface area contributed by atoms with Crippen LogP contribution in [-0.4, -0.2) is 32.6 Å². The Hall–Kier alpha value is -4.96. The van der Waals surface area contributed by atoms with E-state index in [2.05, 4.69) is 9.84 Å². The second kappa shape index (κ2) is 10.9. The van der Waals surface area contributed by atoms with E-state index in [0.29, 0.717) is 44.7 Å². The number of ketones is 1. The highest BCUT2D eigenvalue weighted by Crippen LogP contribution is 2.41. The summed E-state index contributed by atoms with van der Waals surface area (Å²) in [5.74, 6) is -0.929. The molecule has 12 heteroatoms. The van der Waals surface area contributed by atoms with Crippen LogP contribution in [0, 0.1) is 0 Å². The Labute approximate surface area is 232 Å². The maximum Gasteiger partial charge on any atom is 0.524 e. The highest BCUT2D eigenvalue weighted by atomic mass is 31.2. The van der Waals surface area contributed by atoms with Crippen LogP contribution in [0.2, 0.25) is 0 Å². The standard InChI is InChI=1S/C29H23N2O9P/c30-29(35)24(31-18-4-8-21(9-5-18)40-41(36,37)38)15-25(34)16-2-1-3-17(12-16)28-22-10-6-19(32)13-26(22)39-27-14-20(33)7-11-23(27)28/h1-14,24,31-32H,15H2,(H2,30,35)(H2,36,37,38). The van der Waals surface area contributed by atoms with Gasteiger partial charge in [0.2, 0.25) is 5.91 Å². The van der Waals surface area contributed by atoms with Gasteiger partial charge in [-0.2, -0.15) is 0 Å². The first-order valence-corrected chi connectivity index (χ1v) is 13.7.